The highest BCUT2D eigenvalue weighted by atomic mass is 16.5. The zero-order valence-electron chi connectivity index (χ0n) is 10.9. The van der Waals surface area contributed by atoms with E-state index in [0.717, 1.165) is 31.9 Å². The SMILES string of the molecule is CNCc1cc(C)c(OC2CCOC2)c(C)c1. The van der Waals surface area contributed by atoms with Gasteiger partial charge >= 0.3 is 0 Å². The monoisotopic (exact) mass is 235 g/mol. The molecule has 0 aliphatic carbocycles. The largest absolute Gasteiger partial charge is 0.487 e. The average Bonchev–Trinajstić information content (AvgIpc) is 2.76. The van der Waals surface area contributed by atoms with Gasteiger partial charge in [0.1, 0.15) is 11.9 Å². The molecule has 1 fully saturated rings. The van der Waals surface area contributed by atoms with Crippen LogP contribution in [0.4, 0.5) is 0 Å². The molecule has 94 valence electrons. The van der Waals surface area contributed by atoms with Crippen molar-refractivity contribution in [1.29, 1.82) is 0 Å². The Bertz CT molecular complexity index is 361. The molecule has 1 aromatic rings. The van der Waals surface area contributed by atoms with Gasteiger partial charge in [0, 0.05) is 13.0 Å². The van der Waals surface area contributed by atoms with E-state index in [9.17, 15) is 0 Å². The van der Waals surface area contributed by atoms with E-state index in [1.165, 1.54) is 16.7 Å². The molecule has 1 unspecified atom stereocenters. The highest BCUT2D eigenvalue weighted by Gasteiger charge is 2.19. The summed E-state index contributed by atoms with van der Waals surface area (Å²) in [4.78, 5) is 0. The van der Waals surface area contributed by atoms with Crippen LogP contribution in [0.3, 0.4) is 0 Å². The molecule has 0 bridgehead atoms. The van der Waals surface area contributed by atoms with Crippen molar-refractivity contribution >= 4 is 0 Å². The molecule has 1 atom stereocenters. The van der Waals surface area contributed by atoms with Gasteiger partial charge in [-0.3, -0.25) is 0 Å². The minimum Gasteiger partial charge on any atom is -0.487 e. The summed E-state index contributed by atoms with van der Waals surface area (Å²) in [7, 11) is 1.96. The number of ether oxygens (including phenoxy) is 2. The fraction of sp³-hybridized carbons (Fsp3) is 0.571. The molecule has 1 aliphatic heterocycles. The first-order valence-corrected chi connectivity index (χ1v) is 6.20. The molecule has 1 N–H and O–H groups in total. The van der Waals surface area contributed by atoms with Gasteiger partial charge in [0.15, 0.2) is 0 Å². The van der Waals surface area contributed by atoms with Gasteiger partial charge in [-0.25, -0.2) is 0 Å². The number of hydrogen-bond acceptors (Lipinski definition) is 3. The Kier molecular flexibility index (Phi) is 4.02. The van der Waals surface area contributed by atoms with E-state index >= 15 is 0 Å². The van der Waals surface area contributed by atoms with Gasteiger partial charge in [0.2, 0.25) is 0 Å². The molecule has 3 heteroatoms. The summed E-state index contributed by atoms with van der Waals surface area (Å²) in [6.45, 7) is 6.65. The normalized spacial score (nSPS) is 19.6. The summed E-state index contributed by atoms with van der Waals surface area (Å²) in [5.74, 6) is 1.03. The van der Waals surface area contributed by atoms with Crippen molar-refractivity contribution in [1.82, 2.24) is 5.32 Å². The summed E-state index contributed by atoms with van der Waals surface area (Å²) in [5.41, 5.74) is 3.72. The summed E-state index contributed by atoms with van der Waals surface area (Å²) < 4.78 is 11.4. The van der Waals surface area contributed by atoms with Crippen LogP contribution in [0.1, 0.15) is 23.1 Å². The maximum Gasteiger partial charge on any atom is 0.125 e. The highest BCUT2D eigenvalue weighted by molar-refractivity contribution is 5.43. The third-order valence-electron chi connectivity index (χ3n) is 3.07. The van der Waals surface area contributed by atoms with Crippen LogP contribution in [-0.2, 0) is 11.3 Å². The second kappa shape index (κ2) is 5.52. The topological polar surface area (TPSA) is 30.5 Å². The first-order valence-electron chi connectivity index (χ1n) is 6.20. The van der Waals surface area contributed by atoms with E-state index in [0.29, 0.717) is 0 Å². The Morgan fingerprint density at radius 3 is 2.59 bits per heavy atom. The van der Waals surface area contributed by atoms with Crippen molar-refractivity contribution in [3.8, 4) is 5.75 Å². The number of aryl methyl sites for hydroxylation is 2. The van der Waals surface area contributed by atoms with Crippen LogP contribution in [0.25, 0.3) is 0 Å². The quantitative estimate of drug-likeness (QED) is 0.867. The Morgan fingerprint density at radius 2 is 2.06 bits per heavy atom. The summed E-state index contributed by atoms with van der Waals surface area (Å²) >= 11 is 0. The lowest BCUT2D eigenvalue weighted by atomic mass is 10.1. The summed E-state index contributed by atoms with van der Waals surface area (Å²) in [6, 6.07) is 4.38. The van der Waals surface area contributed by atoms with E-state index in [2.05, 4.69) is 31.3 Å². The Hall–Kier alpha value is -1.06. The lowest BCUT2D eigenvalue weighted by molar-refractivity contribution is 0.140. The van der Waals surface area contributed by atoms with E-state index in [1.807, 2.05) is 7.05 Å². The molecule has 2 rings (SSSR count). The first kappa shape index (κ1) is 12.4. The number of benzene rings is 1. The van der Waals surface area contributed by atoms with Gasteiger partial charge in [-0.1, -0.05) is 12.1 Å². The maximum absolute atomic E-state index is 6.02. The van der Waals surface area contributed by atoms with E-state index in [-0.39, 0.29) is 6.10 Å². The predicted molar refractivity (Wildman–Crippen MR) is 68.5 cm³/mol. The lowest BCUT2D eigenvalue weighted by Gasteiger charge is -2.17. The van der Waals surface area contributed by atoms with Gasteiger partial charge in [-0.2, -0.15) is 0 Å². The smallest absolute Gasteiger partial charge is 0.125 e. The van der Waals surface area contributed by atoms with Crippen molar-refractivity contribution in [2.24, 2.45) is 0 Å². The Labute approximate surface area is 103 Å². The van der Waals surface area contributed by atoms with Crippen LogP contribution in [0.15, 0.2) is 12.1 Å². The average molecular weight is 235 g/mol. The molecule has 1 saturated heterocycles. The van der Waals surface area contributed by atoms with Crippen LogP contribution >= 0.6 is 0 Å². The lowest BCUT2D eigenvalue weighted by Crippen LogP contribution is -2.17. The molecule has 0 spiro atoms. The molecule has 0 saturated carbocycles. The van der Waals surface area contributed by atoms with E-state index < -0.39 is 0 Å². The Balaban J connectivity index is 2.15. The molecular formula is C14H21NO2. The second-order valence-electron chi connectivity index (χ2n) is 4.69. The van der Waals surface area contributed by atoms with Crippen LogP contribution in [0, 0.1) is 13.8 Å². The highest BCUT2D eigenvalue weighted by Crippen LogP contribution is 2.27. The van der Waals surface area contributed by atoms with Gasteiger partial charge < -0.3 is 14.8 Å². The van der Waals surface area contributed by atoms with E-state index in [4.69, 9.17) is 9.47 Å². The zero-order valence-corrected chi connectivity index (χ0v) is 10.9. The standard InChI is InChI=1S/C14H21NO2/c1-10-6-12(8-15-3)7-11(2)14(10)17-13-4-5-16-9-13/h6-7,13,15H,4-5,8-9H2,1-3H3. The van der Waals surface area contributed by atoms with Crippen LogP contribution in [-0.4, -0.2) is 26.4 Å². The van der Waals surface area contributed by atoms with Crippen LogP contribution in [0.2, 0.25) is 0 Å². The molecule has 1 aliphatic rings. The number of rotatable bonds is 4. The molecule has 3 nitrogen and oxygen atoms in total. The predicted octanol–water partition coefficient (Wildman–Crippen LogP) is 2.19. The minimum atomic E-state index is 0.225. The maximum atomic E-state index is 6.02. The van der Waals surface area contributed by atoms with Crippen molar-refractivity contribution in [3.63, 3.8) is 0 Å². The van der Waals surface area contributed by atoms with Crippen LogP contribution < -0.4 is 10.1 Å². The zero-order chi connectivity index (χ0) is 12.3. The van der Waals surface area contributed by atoms with Gasteiger partial charge in [-0.05, 0) is 37.6 Å². The molecule has 0 aromatic heterocycles. The van der Waals surface area contributed by atoms with Gasteiger partial charge in [-0.15, -0.1) is 0 Å². The number of nitrogens with one attached hydrogen (secondary N) is 1. The molecule has 1 aromatic carbocycles. The van der Waals surface area contributed by atoms with Crippen molar-refractivity contribution in [2.45, 2.75) is 32.9 Å². The van der Waals surface area contributed by atoms with Gasteiger partial charge in [0.05, 0.1) is 13.2 Å². The number of hydrogen-bond donors (Lipinski definition) is 1. The fourth-order valence-electron chi connectivity index (χ4n) is 2.30. The van der Waals surface area contributed by atoms with Crippen molar-refractivity contribution in [2.75, 3.05) is 20.3 Å². The van der Waals surface area contributed by atoms with Crippen LogP contribution in [0.5, 0.6) is 5.75 Å². The van der Waals surface area contributed by atoms with Gasteiger partial charge in [0.25, 0.3) is 0 Å². The van der Waals surface area contributed by atoms with Crippen molar-refractivity contribution < 1.29 is 9.47 Å². The molecule has 0 radical (unpaired) electrons. The summed E-state index contributed by atoms with van der Waals surface area (Å²) in [6.07, 6.45) is 1.22. The first-order chi connectivity index (χ1) is 8.20. The third-order valence-corrected chi connectivity index (χ3v) is 3.07. The third kappa shape index (κ3) is 2.99. The molecule has 1 heterocycles. The molecule has 0 amide bonds. The Morgan fingerprint density at radius 1 is 1.35 bits per heavy atom. The summed E-state index contributed by atoms with van der Waals surface area (Å²) in [5, 5.41) is 3.17. The molecule has 17 heavy (non-hydrogen) atoms. The van der Waals surface area contributed by atoms with E-state index in [1.54, 1.807) is 0 Å². The van der Waals surface area contributed by atoms with Crippen molar-refractivity contribution in [3.05, 3.63) is 28.8 Å². The fourth-order valence-corrected chi connectivity index (χ4v) is 2.30. The minimum absolute atomic E-state index is 0.225. The molecular weight excluding hydrogens is 214 g/mol. The second-order valence-corrected chi connectivity index (χ2v) is 4.69.